The van der Waals surface area contributed by atoms with Crippen molar-refractivity contribution >= 4 is 11.3 Å². The average molecular weight is 265 g/mol. The Bertz CT molecular complexity index is 390. The molecule has 2 saturated heterocycles. The fraction of sp³-hybridized carbons (Fsp3) is 0.786. The van der Waals surface area contributed by atoms with Gasteiger partial charge < -0.3 is 10.2 Å². The number of aromatic nitrogens is 1. The summed E-state index contributed by atoms with van der Waals surface area (Å²) in [5.74, 6) is 0. The Hall–Kier alpha value is -0.450. The van der Waals surface area contributed by atoms with E-state index in [0.717, 1.165) is 19.0 Å². The lowest BCUT2D eigenvalue weighted by Crippen LogP contribution is -2.45. The van der Waals surface area contributed by atoms with Crippen LogP contribution in [0.5, 0.6) is 0 Å². The number of nitrogens with zero attached hydrogens (tertiary/aromatic N) is 2. The van der Waals surface area contributed by atoms with Crippen LogP contribution in [0.25, 0.3) is 0 Å². The highest BCUT2D eigenvalue weighted by molar-refractivity contribution is 7.09. The third kappa shape index (κ3) is 2.76. The van der Waals surface area contributed by atoms with Crippen LogP contribution in [0.3, 0.4) is 0 Å². The van der Waals surface area contributed by atoms with Crippen molar-refractivity contribution in [3.63, 3.8) is 0 Å². The summed E-state index contributed by atoms with van der Waals surface area (Å²) in [6, 6.07) is 1.56. The molecule has 0 radical (unpaired) electrons. The van der Waals surface area contributed by atoms with Crippen LogP contribution in [0.4, 0.5) is 0 Å². The van der Waals surface area contributed by atoms with Gasteiger partial charge in [-0.15, -0.1) is 11.3 Å². The standard InChI is InChI=1S/C14H23N3S/c1-2-14-16-12(10-18-14)9-15-11-5-7-17-6-3-4-13(17)8-11/h10-11,13,15H,2-9H2,1H3. The lowest BCUT2D eigenvalue weighted by molar-refractivity contribution is 0.166. The SMILES string of the molecule is CCc1nc(CNC2CCN3CCCC3C2)cs1. The second-order valence-corrected chi connectivity index (χ2v) is 6.46. The van der Waals surface area contributed by atoms with E-state index in [-0.39, 0.29) is 0 Å². The van der Waals surface area contributed by atoms with Crippen molar-refractivity contribution in [2.24, 2.45) is 0 Å². The maximum atomic E-state index is 4.63. The first kappa shape index (κ1) is 12.6. The van der Waals surface area contributed by atoms with Crippen molar-refractivity contribution in [2.75, 3.05) is 13.1 Å². The van der Waals surface area contributed by atoms with Crippen LogP contribution < -0.4 is 5.32 Å². The fourth-order valence-corrected chi connectivity index (χ4v) is 4.00. The largest absolute Gasteiger partial charge is 0.308 e. The van der Waals surface area contributed by atoms with E-state index in [1.807, 2.05) is 0 Å². The maximum absolute atomic E-state index is 4.63. The second-order valence-electron chi connectivity index (χ2n) is 5.52. The number of piperidine rings is 1. The van der Waals surface area contributed by atoms with E-state index in [9.17, 15) is 0 Å². The van der Waals surface area contributed by atoms with Gasteiger partial charge in [-0.25, -0.2) is 4.98 Å². The molecule has 2 aliphatic heterocycles. The van der Waals surface area contributed by atoms with E-state index >= 15 is 0 Å². The highest BCUT2D eigenvalue weighted by Gasteiger charge is 2.31. The zero-order valence-corrected chi connectivity index (χ0v) is 12.0. The molecule has 1 aromatic heterocycles. The third-order valence-corrected chi connectivity index (χ3v) is 5.34. The van der Waals surface area contributed by atoms with Gasteiger partial charge in [0.1, 0.15) is 0 Å². The van der Waals surface area contributed by atoms with Gasteiger partial charge in [-0.05, 0) is 45.2 Å². The summed E-state index contributed by atoms with van der Waals surface area (Å²) < 4.78 is 0. The quantitative estimate of drug-likeness (QED) is 0.906. The Labute approximate surface area is 114 Å². The van der Waals surface area contributed by atoms with Crippen molar-refractivity contribution < 1.29 is 0 Å². The molecule has 100 valence electrons. The smallest absolute Gasteiger partial charge is 0.0926 e. The lowest BCUT2D eigenvalue weighted by atomic mass is 9.97. The van der Waals surface area contributed by atoms with Crippen LogP contribution in [0.1, 0.15) is 43.3 Å². The van der Waals surface area contributed by atoms with Gasteiger partial charge >= 0.3 is 0 Å². The van der Waals surface area contributed by atoms with Crippen molar-refractivity contribution in [1.82, 2.24) is 15.2 Å². The first-order valence-electron chi connectivity index (χ1n) is 7.26. The van der Waals surface area contributed by atoms with Crippen LogP contribution in [0.15, 0.2) is 5.38 Å². The molecule has 3 heterocycles. The molecule has 2 fully saturated rings. The molecule has 0 aliphatic carbocycles. The molecule has 1 aromatic rings. The van der Waals surface area contributed by atoms with Crippen molar-refractivity contribution in [3.05, 3.63) is 16.1 Å². The van der Waals surface area contributed by atoms with E-state index in [0.29, 0.717) is 6.04 Å². The van der Waals surface area contributed by atoms with E-state index in [4.69, 9.17) is 0 Å². The Morgan fingerprint density at radius 3 is 3.22 bits per heavy atom. The predicted octanol–water partition coefficient (Wildman–Crippen LogP) is 2.42. The fourth-order valence-electron chi connectivity index (χ4n) is 3.25. The highest BCUT2D eigenvalue weighted by Crippen LogP contribution is 2.26. The minimum absolute atomic E-state index is 0.705. The van der Waals surface area contributed by atoms with E-state index in [1.165, 1.54) is 49.5 Å². The van der Waals surface area contributed by atoms with Crippen molar-refractivity contribution in [3.8, 4) is 0 Å². The topological polar surface area (TPSA) is 28.2 Å². The van der Waals surface area contributed by atoms with Gasteiger partial charge in [0.05, 0.1) is 10.7 Å². The number of hydrogen-bond donors (Lipinski definition) is 1. The Balaban J connectivity index is 1.48. The summed E-state index contributed by atoms with van der Waals surface area (Å²) in [7, 11) is 0. The number of hydrogen-bond acceptors (Lipinski definition) is 4. The molecule has 0 aromatic carbocycles. The molecular weight excluding hydrogens is 242 g/mol. The third-order valence-electron chi connectivity index (χ3n) is 4.29. The second kappa shape index (κ2) is 5.68. The normalized spacial score (nSPS) is 28.5. The molecule has 3 nitrogen and oxygen atoms in total. The number of thiazole rings is 1. The Morgan fingerprint density at radius 2 is 2.39 bits per heavy atom. The molecule has 18 heavy (non-hydrogen) atoms. The Kier molecular flexibility index (Phi) is 3.97. The van der Waals surface area contributed by atoms with E-state index in [1.54, 1.807) is 11.3 Å². The Morgan fingerprint density at radius 1 is 1.44 bits per heavy atom. The van der Waals surface area contributed by atoms with Gasteiger partial charge in [0.25, 0.3) is 0 Å². The number of rotatable bonds is 4. The molecule has 2 atom stereocenters. The number of aryl methyl sites for hydroxylation is 1. The van der Waals surface area contributed by atoms with Crippen LogP contribution in [0, 0.1) is 0 Å². The number of nitrogens with one attached hydrogen (secondary N) is 1. The highest BCUT2D eigenvalue weighted by atomic mass is 32.1. The summed E-state index contributed by atoms with van der Waals surface area (Å²) in [5.41, 5.74) is 1.23. The van der Waals surface area contributed by atoms with Gasteiger partial charge in [-0.1, -0.05) is 6.92 Å². The molecule has 3 rings (SSSR count). The van der Waals surface area contributed by atoms with Crippen LogP contribution in [-0.4, -0.2) is 35.1 Å². The molecular formula is C14H23N3S. The average Bonchev–Trinajstić information content (AvgIpc) is 3.04. The molecule has 2 aliphatic rings. The zero-order chi connectivity index (χ0) is 12.4. The molecule has 4 heteroatoms. The monoisotopic (exact) mass is 265 g/mol. The minimum Gasteiger partial charge on any atom is -0.308 e. The van der Waals surface area contributed by atoms with Gasteiger partial charge in [0.15, 0.2) is 0 Å². The van der Waals surface area contributed by atoms with Crippen molar-refractivity contribution in [2.45, 2.75) is 57.7 Å². The van der Waals surface area contributed by atoms with Gasteiger partial charge in [-0.3, -0.25) is 0 Å². The summed E-state index contributed by atoms with van der Waals surface area (Å²) in [6.45, 7) is 5.75. The first-order valence-corrected chi connectivity index (χ1v) is 8.14. The molecule has 0 spiro atoms. The minimum atomic E-state index is 0.705. The van der Waals surface area contributed by atoms with Crippen molar-refractivity contribution in [1.29, 1.82) is 0 Å². The first-order chi connectivity index (χ1) is 8.85. The van der Waals surface area contributed by atoms with Crippen LogP contribution in [0.2, 0.25) is 0 Å². The molecule has 0 bridgehead atoms. The zero-order valence-electron chi connectivity index (χ0n) is 11.2. The van der Waals surface area contributed by atoms with Gasteiger partial charge in [-0.2, -0.15) is 0 Å². The van der Waals surface area contributed by atoms with Gasteiger partial charge in [0.2, 0.25) is 0 Å². The molecule has 1 N–H and O–H groups in total. The predicted molar refractivity (Wildman–Crippen MR) is 75.9 cm³/mol. The van der Waals surface area contributed by atoms with E-state index in [2.05, 4.69) is 27.5 Å². The molecule has 0 amide bonds. The summed E-state index contributed by atoms with van der Waals surface area (Å²) in [6.07, 6.45) is 6.52. The summed E-state index contributed by atoms with van der Waals surface area (Å²) in [4.78, 5) is 7.30. The maximum Gasteiger partial charge on any atom is 0.0926 e. The van der Waals surface area contributed by atoms with Crippen LogP contribution in [-0.2, 0) is 13.0 Å². The van der Waals surface area contributed by atoms with Crippen LogP contribution >= 0.6 is 11.3 Å². The lowest BCUT2D eigenvalue weighted by Gasteiger charge is -2.35. The van der Waals surface area contributed by atoms with E-state index < -0.39 is 0 Å². The summed E-state index contributed by atoms with van der Waals surface area (Å²) >= 11 is 1.79. The molecule has 2 unspecified atom stereocenters. The summed E-state index contributed by atoms with van der Waals surface area (Å²) in [5, 5.41) is 7.17. The molecule has 0 saturated carbocycles. The van der Waals surface area contributed by atoms with Gasteiger partial charge in [0, 0.05) is 24.0 Å². The number of fused-ring (bicyclic) bond motifs is 1.